The van der Waals surface area contributed by atoms with Crippen LogP contribution in [-0.2, 0) is 0 Å². The molecular weight excluding hydrogens is 262 g/mol. The van der Waals surface area contributed by atoms with Gasteiger partial charge in [-0.3, -0.25) is 0 Å². The first-order chi connectivity index (χ1) is 10.2. The second kappa shape index (κ2) is 5.66. The van der Waals surface area contributed by atoms with Crippen molar-refractivity contribution >= 4 is 10.8 Å². The van der Waals surface area contributed by atoms with Crippen LogP contribution >= 0.6 is 0 Å². The molecule has 0 aliphatic heterocycles. The molecule has 0 saturated heterocycles. The molecule has 0 saturated carbocycles. The van der Waals surface area contributed by atoms with Gasteiger partial charge in [0.15, 0.2) is 0 Å². The van der Waals surface area contributed by atoms with E-state index in [2.05, 4.69) is 41.3 Å². The number of hydrogen-bond donors (Lipinski definition) is 1. The van der Waals surface area contributed by atoms with Crippen LogP contribution in [0.4, 0.5) is 0 Å². The van der Waals surface area contributed by atoms with Gasteiger partial charge in [0.25, 0.3) is 0 Å². The van der Waals surface area contributed by atoms with Gasteiger partial charge in [0.05, 0.1) is 5.92 Å². The van der Waals surface area contributed by atoms with E-state index in [1.807, 2.05) is 25.1 Å². The molecule has 2 atom stereocenters. The maximum absolute atomic E-state index is 5.97. The second-order valence-electron chi connectivity index (χ2n) is 5.39. The van der Waals surface area contributed by atoms with Gasteiger partial charge in [-0.15, -0.1) is 0 Å². The van der Waals surface area contributed by atoms with Gasteiger partial charge in [-0.2, -0.15) is 4.98 Å². The van der Waals surface area contributed by atoms with E-state index >= 15 is 0 Å². The van der Waals surface area contributed by atoms with Crippen LogP contribution in [0.5, 0.6) is 0 Å². The Labute approximate surface area is 124 Å². The van der Waals surface area contributed by atoms with Crippen LogP contribution < -0.4 is 5.73 Å². The normalized spacial score (nSPS) is 14.2. The smallest absolute Gasteiger partial charge is 0.231 e. The summed E-state index contributed by atoms with van der Waals surface area (Å²) in [6, 6.07) is 14.4. The van der Waals surface area contributed by atoms with Gasteiger partial charge in [0.2, 0.25) is 11.7 Å². The zero-order valence-electron chi connectivity index (χ0n) is 12.3. The zero-order valence-corrected chi connectivity index (χ0v) is 12.3. The molecular formula is C17H19N3O. The molecule has 21 heavy (non-hydrogen) atoms. The van der Waals surface area contributed by atoms with Gasteiger partial charge >= 0.3 is 0 Å². The molecule has 108 valence electrons. The molecule has 2 aromatic carbocycles. The summed E-state index contributed by atoms with van der Waals surface area (Å²) in [4.78, 5) is 4.52. The van der Waals surface area contributed by atoms with E-state index in [1.165, 1.54) is 10.8 Å². The number of nitrogens with two attached hydrogens (primary N) is 1. The summed E-state index contributed by atoms with van der Waals surface area (Å²) in [7, 11) is 0. The van der Waals surface area contributed by atoms with E-state index in [1.54, 1.807) is 0 Å². The van der Waals surface area contributed by atoms with E-state index < -0.39 is 0 Å². The van der Waals surface area contributed by atoms with Gasteiger partial charge in [0.1, 0.15) is 0 Å². The topological polar surface area (TPSA) is 64.9 Å². The lowest BCUT2D eigenvalue weighted by molar-refractivity contribution is 0.334. The summed E-state index contributed by atoms with van der Waals surface area (Å²) in [5.74, 6) is 1.34. The molecule has 0 amide bonds. The number of fused-ring (bicyclic) bond motifs is 1. The molecule has 4 heteroatoms. The van der Waals surface area contributed by atoms with Crippen LogP contribution in [0.15, 0.2) is 47.0 Å². The Hall–Kier alpha value is -2.20. The fraction of sp³-hybridized carbons (Fsp3) is 0.294. The van der Waals surface area contributed by atoms with Crippen molar-refractivity contribution in [2.75, 3.05) is 0 Å². The highest BCUT2D eigenvalue weighted by molar-refractivity contribution is 5.86. The summed E-state index contributed by atoms with van der Waals surface area (Å²) in [6.45, 7) is 4.04. The number of benzene rings is 2. The minimum atomic E-state index is -0.0000894. The first kappa shape index (κ1) is 13.8. The summed E-state index contributed by atoms with van der Waals surface area (Å²) in [6.07, 6.45) is 0.886. The Morgan fingerprint density at radius 2 is 1.90 bits per heavy atom. The number of aromatic nitrogens is 2. The molecule has 0 aliphatic carbocycles. The Balaban J connectivity index is 1.97. The van der Waals surface area contributed by atoms with Crippen molar-refractivity contribution in [3.05, 3.63) is 48.4 Å². The van der Waals surface area contributed by atoms with E-state index in [-0.39, 0.29) is 12.0 Å². The average Bonchev–Trinajstić information content (AvgIpc) is 2.96. The number of hydrogen-bond acceptors (Lipinski definition) is 4. The van der Waals surface area contributed by atoms with E-state index in [0.29, 0.717) is 11.7 Å². The molecule has 1 heterocycles. The van der Waals surface area contributed by atoms with Crippen LogP contribution in [0.3, 0.4) is 0 Å². The highest BCUT2D eigenvalue weighted by Gasteiger charge is 2.21. The lowest BCUT2D eigenvalue weighted by Gasteiger charge is -2.13. The van der Waals surface area contributed by atoms with Crippen LogP contribution in [0.1, 0.15) is 32.1 Å². The standard InChI is InChI=1S/C17H19N3O/c1-3-15(11(2)18)17-19-16(20-21-17)14-9-8-12-6-4-5-7-13(12)10-14/h4-11,15H,3,18H2,1-2H3. The molecule has 0 bridgehead atoms. The Morgan fingerprint density at radius 1 is 1.14 bits per heavy atom. The maximum atomic E-state index is 5.97. The molecule has 0 spiro atoms. The van der Waals surface area contributed by atoms with Gasteiger partial charge in [-0.25, -0.2) is 0 Å². The number of rotatable bonds is 4. The Kier molecular flexibility index (Phi) is 3.71. The van der Waals surface area contributed by atoms with Crippen molar-refractivity contribution in [3.8, 4) is 11.4 Å². The quantitative estimate of drug-likeness (QED) is 0.791. The van der Waals surface area contributed by atoms with Crippen molar-refractivity contribution in [1.82, 2.24) is 10.1 Å². The van der Waals surface area contributed by atoms with Crippen LogP contribution in [-0.4, -0.2) is 16.2 Å². The highest BCUT2D eigenvalue weighted by atomic mass is 16.5. The Morgan fingerprint density at radius 3 is 2.62 bits per heavy atom. The third-order valence-electron chi connectivity index (χ3n) is 3.84. The van der Waals surface area contributed by atoms with E-state index in [4.69, 9.17) is 10.3 Å². The largest absolute Gasteiger partial charge is 0.339 e. The third kappa shape index (κ3) is 2.67. The zero-order chi connectivity index (χ0) is 14.8. The first-order valence-electron chi connectivity index (χ1n) is 7.27. The van der Waals surface area contributed by atoms with E-state index in [9.17, 15) is 0 Å². The maximum Gasteiger partial charge on any atom is 0.231 e. The van der Waals surface area contributed by atoms with E-state index in [0.717, 1.165) is 12.0 Å². The molecule has 2 unspecified atom stereocenters. The van der Waals surface area contributed by atoms with Crippen LogP contribution in [0, 0.1) is 0 Å². The molecule has 1 aromatic heterocycles. The van der Waals surface area contributed by atoms with Gasteiger partial charge < -0.3 is 10.3 Å². The van der Waals surface area contributed by atoms with Crippen molar-refractivity contribution in [3.63, 3.8) is 0 Å². The molecule has 4 nitrogen and oxygen atoms in total. The lowest BCUT2D eigenvalue weighted by Crippen LogP contribution is -2.24. The second-order valence-corrected chi connectivity index (χ2v) is 5.39. The fourth-order valence-electron chi connectivity index (χ4n) is 2.60. The summed E-state index contributed by atoms with van der Waals surface area (Å²) < 4.78 is 5.40. The average molecular weight is 281 g/mol. The van der Waals surface area contributed by atoms with Crippen molar-refractivity contribution in [2.45, 2.75) is 32.2 Å². The summed E-state index contributed by atoms with van der Waals surface area (Å²) >= 11 is 0. The molecule has 0 aliphatic rings. The van der Waals surface area contributed by atoms with Crippen molar-refractivity contribution in [2.24, 2.45) is 5.73 Å². The third-order valence-corrected chi connectivity index (χ3v) is 3.84. The Bertz CT molecular complexity index is 748. The van der Waals surface area contributed by atoms with Gasteiger partial charge in [-0.05, 0) is 30.2 Å². The molecule has 3 rings (SSSR count). The van der Waals surface area contributed by atoms with Crippen molar-refractivity contribution < 1.29 is 4.52 Å². The number of nitrogens with zero attached hydrogens (tertiary/aromatic N) is 2. The van der Waals surface area contributed by atoms with Gasteiger partial charge in [0, 0.05) is 11.6 Å². The molecule has 0 fully saturated rings. The van der Waals surface area contributed by atoms with Crippen molar-refractivity contribution in [1.29, 1.82) is 0 Å². The fourth-order valence-corrected chi connectivity index (χ4v) is 2.60. The van der Waals surface area contributed by atoms with Crippen LogP contribution in [0.2, 0.25) is 0 Å². The minimum Gasteiger partial charge on any atom is -0.339 e. The predicted octanol–water partition coefficient (Wildman–Crippen LogP) is 3.73. The molecule has 3 aromatic rings. The molecule has 2 N–H and O–H groups in total. The van der Waals surface area contributed by atoms with Crippen LogP contribution in [0.25, 0.3) is 22.2 Å². The SMILES string of the molecule is CCC(c1nc(-c2ccc3ccccc3c2)no1)C(C)N. The monoisotopic (exact) mass is 281 g/mol. The highest BCUT2D eigenvalue weighted by Crippen LogP contribution is 2.26. The molecule has 0 radical (unpaired) electrons. The summed E-state index contributed by atoms with van der Waals surface area (Å²) in [5.41, 5.74) is 6.94. The van der Waals surface area contributed by atoms with Gasteiger partial charge in [-0.1, -0.05) is 48.5 Å². The lowest BCUT2D eigenvalue weighted by atomic mass is 9.99. The summed E-state index contributed by atoms with van der Waals surface area (Å²) in [5, 5.41) is 6.47. The predicted molar refractivity (Wildman–Crippen MR) is 83.9 cm³/mol. The first-order valence-corrected chi connectivity index (χ1v) is 7.27. The minimum absolute atomic E-state index is 0.0000894.